The average Bonchev–Trinajstić information content (AvgIpc) is 3.73. The summed E-state index contributed by atoms with van der Waals surface area (Å²) in [5, 5.41) is 25.5. The Bertz CT molecular complexity index is 2560. The third-order valence-corrected chi connectivity index (χ3v) is 10.1. The first kappa shape index (κ1) is 35.0. The summed E-state index contributed by atoms with van der Waals surface area (Å²) >= 11 is 0. The van der Waals surface area contributed by atoms with E-state index in [1.807, 2.05) is 102 Å². The van der Waals surface area contributed by atoms with Crippen molar-refractivity contribution in [2.45, 2.75) is 38.3 Å². The van der Waals surface area contributed by atoms with Crippen LogP contribution >= 0.6 is 0 Å². The molecule has 0 saturated carbocycles. The lowest BCUT2D eigenvalue weighted by Crippen LogP contribution is -2.39. The van der Waals surface area contributed by atoms with E-state index in [4.69, 9.17) is 10.2 Å². The molecule has 0 spiro atoms. The van der Waals surface area contributed by atoms with Crippen molar-refractivity contribution in [1.29, 1.82) is 0 Å². The van der Waals surface area contributed by atoms with E-state index in [1.54, 1.807) is 10.6 Å². The highest BCUT2D eigenvalue weighted by atomic mass is 16.6. The second-order valence-electron chi connectivity index (χ2n) is 13.4. The second kappa shape index (κ2) is 15.1. The zero-order valence-corrected chi connectivity index (χ0v) is 30.2. The number of hydrogen-bond donors (Lipinski definition) is 0. The Kier molecular flexibility index (Phi) is 9.62. The number of aromatic nitrogens is 6. The first-order chi connectivity index (χ1) is 27.0. The van der Waals surface area contributed by atoms with Crippen molar-refractivity contribution in [2.75, 3.05) is 0 Å². The van der Waals surface area contributed by atoms with Gasteiger partial charge in [0.05, 0.1) is 22.4 Å². The molecule has 10 nitrogen and oxygen atoms in total. The predicted molar refractivity (Wildman–Crippen MR) is 214 cm³/mol. The standard InChI is InChI=1S/C45H37N7O3/c1-2-3-23-42-46-41-29-28-37(52(54)55)30-40(41)44(53)50(42)31-32-24-26-33(27-25-32)38-21-13-14-22-39(38)43-47-48-49-51(43)45(34-15-7-4-8-16-34,35-17-9-5-10-18-35)36-19-11-6-12-20-36/h4-22,24-30H,2-3,23,31H2,1H3. The minimum Gasteiger partial charge on any atom is -0.292 e. The summed E-state index contributed by atoms with van der Waals surface area (Å²) in [6, 6.07) is 51.4. The van der Waals surface area contributed by atoms with E-state index in [0.29, 0.717) is 23.6 Å². The highest BCUT2D eigenvalue weighted by molar-refractivity contribution is 5.82. The minimum absolute atomic E-state index is 0.137. The number of rotatable bonds is 12. The molecule has 0 aliphatic carbocycles. The number of nitro groups is 1. The lowest BCUT2D eigenvalue weighted by atomic mass is 9.77. The number of non-ortho nitro benzene ring substituents is 1. The Morgan fingerprint density at radius 1 is 0.709 bits per heavy atom. The van der Waals surface area contributed by atoms with Crippen LogP contribution in [0.1, 0.15) is 47.8 Å². The number of hydrogen-bond acceptors (Lipinski definition) is 7. The zero-order valence-electron chi connectivity index (χ0n) is 30.2. The monoisotopic (exact) mass is 723 g/mol. The molecule has 10 heteroatoms. The van der Waals surface area contributed by atoms with Crippen molar-refractivity contribution >= 4 is 16.6 Å². The first-order valence-electron chi connectivity index (χ1n) is 18.3. The van der Waals surface area contributed by atoms with Crippen LogP contribution in [-0.2, 0) is 18.5 Å². The molecule has 0 unspecified atom stereocenters. The van der Waals surface area contributed by atoms with Gasteiger partial charge in [0, 0.05) is 24.1 Å². The third kappa shape index (κ3) is 6.48. The van der Waals surface area contributed by atoms with Crippen molar-refractivity contribution in [3.8, 4) is 22.5 Å². The van der Waals surface area contributed by atoms with Crippen molar-refractivity contribution in [1.82, 2.24) is 29.8 Å². The number of nitro benzene ring substituents is 1. The Morgan fingerprint density at radius 3 is 1.87 bits per heavy atom. The molecule has 55 heavy (non-hydrogen) atoms. The normalized spacial score (nSPS) is 11.5. The molecule has 0 amide bonds. The van der Waals surface area contributed by atoms with Crippen molar-refractivity contribution in [3.05, 3.63) is 206 Å². The highest BCUT2D eigenvalue weighted by Crippen LogP contribution is 2.43. The smallest absolute Gasteiger partial charge is 0.270 e. The van der Waals surface area contributed by atoms with Gasteiger partial charge in [-0.3, -0.25) is 19.5 Å². The molecule has 0 N–H and O–H groups in total. The number of nitrogens with zero attached hydrogens (tertiary/aromatic N) is 7. The lowest BCUT2D eigenvalue weighted by molar-refractivity contribution is -0.384. The molecule has 6 aromatic carbocycles. The lowest BCUT2D eigenvalue weighted by Gasteiger charge is -2.36. The van der Waals surface area contributed by atoms with Gasteiger partial charge in [-0.05, 0) is 56.3 Å². The number of tetrazole rings is 1. The fourth-order valence-corrected chi connectivity index (χ4v) is 7.45. The van der Waals surface area contributed by atoms with E-state index < -0.39 is 10.5 Å². The van der Waals surface area contributed by atoms with Crippen molar-refractivity contribution in [3.63, 3.8) is 0 Å². The number of aryl methyl sites for hydroxylation is 1. The molecule has 2 aromatic heterocycles. The van der Waals surface area contributed by atoms with Crippen LogP contribution in [0.4, 0.5) is 5.69 Å². The molecule has 0 saturated heterocycles. The maximum Gasteiger partial charge on any atom is 0.270 e. The number of fused-ring (bicyclic) bond motifs is 1. The summed E-state index contributed by atoms with van der Waals surface area (Å²) in [4.78, 5) is 29.7. The molecule has 8 rings (SSSR count). The molecular formula is C45H37N7O3. The zero-order chi connectivity index (χ0) is 37.8. The maximum atomic E-state index is 13.9. The summed E-state index contributed by atoms with van der Waals surface area (Å²) in [6.45, 7) is 2.37. The van der Waals surface area contributed by atoms with Gasteiger partial charge in [-0.2, -0.15) is 0 Å². The van der Waals surface area contributed by atoms with Crippen LogP contribution in [0, 0.1) is 10.1 Å². The summed E-state index contributed by atoms with van der Waals surface area (Å²) in [7, 11) is 0. The van der Waals surface area contributed by atoms with E-state index in [2.05, 4.69) is 59.7 Å². The van der Waals surface area contributed by atoms with Crippen LogP contribution in [0.25, 0.3) is 33.4 Å². The van der Waals surface area contributed by atoms with E-state index in [-0.39, 0.29) is 23.2 Å². The van der Waals surface area contributed by atoms with Gasteiger partial charge in [0.25, 0.3) is 11.2 Å². The van der Waals surface area contributed by atoms with Crippen molar-refractivity contribution < 1.29 is 4.92 Å². The average molecular weight is 724 g/mol. The van der Waals surface area contributed by atoms with Gasteiger partial charge >= 0.3 is 0 Å². The van der Waals surface area contributed by atoms with Gasteiger partial charge < -0.3 is 0 Å². The molecule has 0 fully saturated rings. The topological polar surface area (TPSA) is 122 Å². The van der Waals surface area contributed by atoms with E-state index in [0.717, 1.165) is 51.8 Å². The summed E-state index contributed by atoms with van der Waals surface area (Å²) in [5.74, 6) is 1.26. The molecule has 0 atom stereocenters. The molecule has 8 aromatic rings. The molecule has 2 heterocycles. The second-order valence-corrected chi connectivity index (χ2v) is 13.4. The summed E-state index contributed by atoms with van der Waals surface area (Å²) < 4.78 is 3.58. The number of benzene rings is 6. The molecule has 0 aliphatic rings. The van der Waals surface area contributed by atoms with Gasteiger partial charge in [-0.1, -0.05) is 153 Å². The highest BCUT2D eigenvalue weighted by Gasteiger charge is 2.42. The fourth-order valence-electron chi connectivity index (χ4n) is 7.45. The number of unbranched alkanes of at least 4 members (excludes halogenated alkanes) is 1. The maximum absolute atomic E-state index is 13.9. The SMILES string of the molecule is CCCCc1nc2ccc([N+](=O)[O-])cc2c(=O)n1Cc1ccc(-c2ccccc2-c2nnnn2C(c2ccccc2)(c2ccccc2)c2ccccc2)cc1. The minimum atomic E-state index is -0.906. The van der Waals surface area contributed by atoms with Gasteiger partial charge in [0.15, 0.2) is 5.82 Å². The van der Waals surface area contributed by atoms with Crippen LogP contribution in [0.2, 0.25) is 0 Å². The Balaban J connectivity index is 1.22. The Morgan fingerprint density at radius 2 is 1.29 bits per heavy atom. The van der Waals surface area contributed by atoms with Crippen LogP contribution in [0.3, 0.4) is 0 Å². The van der Waals surface area contributed by atoms with E-state index >= 15 is 0 Å². The third-order valence-electron chi connectivity index (χ3n) is 10.1. The fraction of sp³-hybridized carbons (Fsp3) is 0.133. The van der Waals surface area contributed by atoms with Gasteiger partial charge in [0.2, 0.25) is 0 Å². The summed E-state index contributed by atoms with van der Waals surface area (Å²) in [6.07, 6.45) is 2.42. The molecular weight excluding hydrogens is 687 g/mol. The molecule has 0 aliphatic heterocycles. The molecule has 270 valence electrons. The van der Waals surface area contributed by atoms with Gasteiger partial charge in [-0.15, -0.1) is 5.10 Å². The Labute approximate surface area is 317 Å². The quantitative estimate of drug-likeness (QED) is 0.0701. The van der Waals surface area contributed by atoms with Crippen LogP contribution < -0.4 is 5.56 Å². The first-order valence-corrected chi connectivity index (χ1v) is 18.3. The van der Waals surface area contributed by atoms with Crippen LogP contribution in [-0.4, -0.2) is 34.7 Å². The Hall–Kier alpha value is -7.07. The van der Waals surface area contributed by atoms with Crippen LogP contribution in [0.5, 0.6) is 0 Å². The largest absolute Gasteiger partial charge is 0.292 e. The van der Waals surface area contributed by atoms with Gasteiger partial charge in [-0.25, -0.2) is 9.67 Å². The molecule has 0 radical (unpaired) electrons. The van der Waals surface area contributed by atoms with Crippen molar-refractivity contribution in [2.24, 2.45) is 0 Å². The molecule has 0 bridgehead atoms. The van der Waals surface area contributed by atoms with E-state index in [9.17, 15) is 14.9 Å². The van der Waals surface area contributed by atoms with Gasteiger partial charge in [0.1, 0.15) is 11.4 Å². The predicted octanol–water partition coefficient (Wildman–Crippen LogP) is 8.86. The summed E-state index contributed by atoms with van der Waals surface area (Å²) in [5.41, 5.74) is 5.79. The van der Waals surface area contributed by atoms with E-state index in [1.165, 1.54) is 12.1 Å². The van der Waals surface area contributed by atoms with Crippen LogP contribution in [0.15, 0.2) is 163 Å².